The lowest BCUT2D eigenvalue weighted by molar-refractivity contribution is -0.132. The van der Waals surface area contributed by atoms with E-state index in [1.54, 1.807) is 19.1 Å². The molecule has 1 atom stereocenters. The molecule has 0 unspecified atom stereocenters. The summed E-state index contributed by atoms with van der Waals surface area (Å²) in [6.07, 6.45) is 6.66. The van der Waals surface area contributed by atoms with E-state index in [9.17, 15) is 18.0 Å². The molecule has 1 aromatic carbocycles. The second kappa shape index (κ2) is 10.9. The summed E-state index contributed by atoms with van der Waals surface area (Å²) in [5, 5.41) is 8.94. The second-order valence-electron chi connectivity index (χ2n) is 7.54. The number of ether oxygens (including phenoxy) is 1. The molecular weight excluding hydrogens is 411 g/mol. The topological polar surface area (TPSA) is 88.2 Å². The molecule has 0 saturated heterocycles. The van der Waals surface area contributed by atoms with Crippen molar-refractivity contribution in [3.8, 4) is 0 Å². The summed E-state index contributed by atoms with van der Waals surface area (Å²) in [6, 6.07) is 5.29. The van der Waals surface area contributed by atoms with Crippen LogP contribution in [-0.4, -0.2) is 41.2 Å². The van der Waals surface area contributed by atoms with Gasteiger partial charge in [-0.1, -0.05) is 19.3 Å². The van der Waals surface area contributed by atoms with Crippen LogP contribution >= 0.6 is 0 Å². The number of anilines is 3. The fraction of sp³-hybridized carbons (Fsp3) is 0.476. The van der Waals surface area contributed by atoms with E-state index in [0.717, 1.165) is 25.7 Å². The summed E-state index contributed by atoms with van der Waals surface area (Å²) in [5.74, 6) is -0.248. The van der Waals surface area contributed by atoms with Crippen LogP contribution in [0.2, 0.25) is 0 Å². The van der Waals surface area contributed by atoms with E-state index in [0.29, 0.717) is 11.5 Å². The van der Waals surface area contributed by atoms with E-state index >= 15 is 0 Å². The number of carbonyl (C=O) groups excluding carboxylic acids is 1. The van der Waals surface area contributed by atoms with Crippen LogP contribution in [0.4, 0.5) is 30.6 Å². The summed E-state index contributed by atoms with van der Waals surface area (Å²) in [4.78, 5) is 21.4. The molecule has 1 saturated carbocycles. The number of halogens is 3. The molecule has 1 heterocycles. The number of rotatable bonds is 9. The highest BCUT2D eigenvalue weighted by molar-refractivity contribution is 5.98. The maximum absolute atomic E-state index is 13.1. The predicted molar refractivity (Wildman–Crippen MR) is 111 cm³/mol. The van der Waals surface area contributed by atoms with Gasteiger partial charge in [0.2, 0.25) is 5.95 Å². The number of hydrogen-bond acceptors (Lipinski definition) is 6. The first-order valence-corrected chi connectivity index (χ1v) is 10.3. The summed E-state index contributed by atoms with van der Waals surface area (Å²) in [6.45, 7) is -1.65. The zero-order valence-electron chi connectivity index (χ0n) is 17.2. The average Bonchev–Trinajstić information content (AvgIpc) is 2.75. The van der Waals surface area contributed by atoms with E-state index in [4.69, 9.17) is 0 Å². The fourth-order valence-corrected chi connectivity index (χ4v) is 3.38. The minimum Gasteiger partial charge on any atom is -0.367 e. The monoisotopic (exact) mass is 437 g/mol. The van der Waals surface area contributed by atoms with E-state index in [1.807, 2.05) is 0 Å². The van der Waals surface area contributed by atoms with Gasteiger partial charge in [0.25, 0.3) is 5.91 Å². The Bertz CT molecular complexity index is 861. The highest BCUT2D eigenvalue weighted by Gasteiger charge is 2.21. The number of nitrogens with one attached hydrogen (secondary N) is 3. The van der Waals surface area contributed by atoms with Crippen molar-refractivity contribution < 1.29 is 22.7 Å². The average molecular weight is 437 g/mol. The summed E-state index contributed by atoms with van der Waals surface area (Å²) in [5.41, 5.74) is 0.805. The Hall–Kier alpha value is -2.88. The van der Waals surface area contributed by atoms with Crippen molar-refractivity contribution in [1.29, 1.82) is 0 Å². The van der Waals surface area contributed by atoms with Crippen molar-refractivity contribution in [2.24, 2.45) is 0 Å². The molecular formula is C21H26F3N5O2. The second-order valence-corrected chi connectivity index (χ2v) is 7.54. The van der Waals surface area contributed by atoms with Gasteiger partial charge in [-0.05, 0) is 44.0 Å². The van der Waals surface area contributed by atoms with Crippen molar-refractivity contribution in [3.05, 3.63) is 41.8 Å². The van der Waals surface area contributed by atoms with Gasteiger partial charge in [0.05, 0.1) is 6.61 Å². The molecule has 31 heavy (non-hydrogen) atoms. The van der Waals surface area contributed by atoms with Crippen LogP contribution in [0.5, 0.6) is 0 Å². The first-order chi connectivity index (χ1) is 14.9. The quantitative estimate of drug-likeness (QED) is 0.537. The Morgan fingerprint density at radius 3 is 2.58 bits per heavy atom. The number of amides is 1. The molecule has 0 spiro atoms. The van der Waals surface area contributed by atoms with Crippen LogP contribution in [0.25, 0.3) is 0 Å². The summed E-state index contributed by atoms with van der Waals surface area (Å²) < 4.78 is 41.9. The highest BCUT2D eigenvalue weighted by atomic mass is 19.3. The molecule has 3 rings (SSSR count). The number of alkyl halides is 2. The number of nitrogens with zero attached hydrogens (tertiary/aromatic N) is 2. The predicted octanol–water partition coefficient (Wildman–Crippen LogP) is 4.46. The normalized spacial score (nSPS) is 15.5. The lowest BCUT2D eigenvalue weighted by atomic mass is 9.95. The standard InChI is InChI=1S/C21H26F3N5O2/c1-13(12-31-20(23)24)26-19(30)17-11-25-21(28-16-9-7-14(22)8-10-16)29-18(17)27-15-5-3-2-4-6-15/h7-11,13,15,20H,2-6,12H2,1H3,(H,26,30)(H2,25,27,28,29)/t13-/m0/s1. The maximum Gasteiger partial charge on any atom is 0.345 e. The Kier molecular flexibility index (Phi) is 8.05. The van der Waals surface area contributed by atoms with E-state index in [2.05, 4.69) is 30.7 Å². The van der Waals surface area contributed by atoms with Gasteiger partial charge >= 0.3 is 6.61 Å². The smallest absolute Gasteiger partial charge is 0.345 e. The Balaban J connectivity index is 1.77. The van der Waals surface area contributed by atoms with Crippen LogP contribution in [0.3, 0.4) is 0 Å². The highest BCUT2D eigenvalue weighted by Crippen LogP contribution is 2.24. The molecule has 1 aliphatic carbocycles. The molecule has 10 heteroatoms. The molecule has 2 aromatic rings. The number of aromatic nitrogens is 2. The van der Waals surface area contributed by atoms with Crippen molar-refractivity contribution in [2.45, 2.75) is 57.7 Å². The van der Waals surface area contributed by atoms with Crippen LogP contribution in [-0.2, 0) is 4.74 Å². The van der Waals surface area contributed by atoms with Gasteiger partial charge in [0.15, 0.2) is 0 Å². The van der Waals surface area contributed by atoms with Crippen molar-refractivity contribution in [1.82, 2.24) is 15.3 Å². The number of benzene rings is 1. The van der Waals surface area contributed by atoms with E-state index in [1.165, 1.54) is 24.8 Å². The van der Waals surface area contributed by atoms with Gasteiger partial charge in [0.1, 0.15) is 17.2 Å². The Labute approximate surface area is 178 Å². The van der Waals surface area contributed by atoms with Gasteiger partial charge in [-0.25, -0.2) is 9.37 Å². The molecule has 0 aliphatic heterocycles. The number of carbonyl (C=O) groups is 1. The third-order valence-electron chi connectivity index (χ3n) is 4.93. The molecule has 168 valence electrons. The van der Waals surface area contributed by atoms with E-state index < -0.39 is 18.6 Å². The van der Waals surface area contributed by atoms with Gasteiger partial charge in [0, 0.05) is 24.0 Å². The molecule has 3 N–H and O–H groups in total. The third-order valence-corrected chi connectivity index (χ3v) is 4.93. The SMILES string of the molecule is C[C@@H](COC(F)F)NC(=O)c1cnc(Nc2ccc(F)cc2)nc1NC1CCCCC1. The first-order valence-electron chi connectivity index (χ1n) is 10.3. The zero-order chi connectivity index (χ0) is 22.2. The minimum atomic E-state index is -2.90. The summed E-state index contributed by atoms with van der Waals surface area (Å²) in [7, 11) is 0. The maximum atomic E-state index is 13.1. The van der Waals surface area contributed by atoms with Crippen LogP contribution < -0.4 is 16.0 Å². The molecule has 1 amide bonds. The van der Waals surface area contributed by atoms with Crippen LogP contribution in [0.1, 0.15) is 49.4 Å². The lowest BCUT2D eigenvalue weighted by Gasteiger charge is -2.24. The molecule has 1 aliphatic rings. The van der Waals surface area contributed by atoms with Gasteiger partial charge < -0.3 is 20.7 Å². The van der Waals surface area contributed by atoms with Crippen molar-refractivity contribution in [3.63, 3.8) is 0 Å². The number of hydrogen-bond donors (Lipinski definition) is 3. The minimum absolute atomic E-state index is 0.175. The lowest BCUT2D eigenvalue weighted by Crippen LogP contribution is -2.37. The molecule has 7 nitrogen and oxygen atoms in total. The van der Waals surface area contributed by atoms with Gasteiger partial charge in [-0.15, -0.1) is 0 Å². The third kappa shape index (κ3) is 7.09. The van der Waals surface area contributed by atoms with Crippen molar-refractivity contribution >= 4 is 23.4 Å². The summed E-state index contributed by atoms with van der Waals surface area (Å²) >= 11 is 0. The molecule has 1 fully saturated rings. The largest absolute Gasteiger partial charge is 0.367 e. The molecule has 1 aromatic heterocycles. The first kappa shape index (κ1) is 22.8. The van der Waals surface area contributed by atoms with Crippen LogP contribution in [0.15, 0.2) is 30.5 Å². The van der Waals surface area contributed by atoms with Crippen LogP contribution in [0, 0.1) is 5.82 Å². The Morgan fingerprint density at radius 1 is 1.19 bits per heavy atom. The molecule has 0 radical (unpaired) electrons. The zero-order valence-corrected chi connectivity index (χ0v) is 17.2. The van der Waals surface area contributed by atoms with E-state index in [-0.39, 0.29) is 30.0 Å². The van der Waals surface area contributed by atoms with Gasteiger partial charge in [-0.2, -0.15) is 13.8 Å². The Morgan fingerprint density at radius 2 is 1.90 bits per heavy atom. The molecule has 0 bridgehead atoms. The fourth-order valence-electron chi connectivity index (χ4n) is 3.38. The van der Waals surface area contributed by atoms with Gasteiger partial charge in [-0.3, -0.25) is 4.79 Å². The van der Waals surface area contributed by atoms with Crippen molar-refractivity contribution in [2.75, 3.05) is 17.2 Å².